The zero-order chi connectivity index (χ0) is 25.5. The summed E-state index contributed by atoms with van der Waals surface area (Å²) in [6.07, 6.45) is 3.78. The largest absolute Gasteiger partial charge is 0.497 e. The van der Waals surface area contributed by atoms with E-state index in [0.29, 0.717) is 45.6 Å². The molecule has 4 rings (SSSR count). The third-order valence-electron chi connectivity index (χ3n) is 5.87. The highest BCUT2D eigenvalue weighted by atomic mass is 35.5. The van der Waals surface area contributed by atoms with Crippen LogP contribution in [0.3, 0.4) is 0 Å². The maximum atomic E-state index is 12.8. The van der Waals surface area contributed by atoms with E-state index in [2.05, 4.69) is 15.3 Å². The Morgan fingerprint density at radius 1 is 1.11 bits per heavy atom. The molecule has 1 aromatic heterocycles. The molecule has 0 atom stereocenters. The number of likely N-dealkylation sites (tertiary alicyclic amines) is 1. The maximum Gasteiger partial charge on any atom is 0.320 e. The van der Waals surface area contributed by atoms with Crippen molar-refractivity contribution in [2.75, 3.05) is 45.3 Å². The minimum absolute atomic E-state index is 0.125. The van der Waals surface area contributed by atoms with E-state index >= 15 is 0 Å². The van der Waals surface area contributed by atoms with Crippen LogP contribution in [0.4, 0.5) is 5.69 Å². The number of hydrogen-bond acceptors (Lipinski definition) is 7. The van der Waals surface area contributed by atoms with Crippen LogP contribution in [0.5, 0.6) is 11.5 Å². The molecule has 0 spiro atoms. The van der Waals surface area contributed by atoms with Crippen LogP contribution in [0.1, 0.15) is 23.2 Å². The van der Waals surface area contributed by atoms with Gasteiger partial charge in [-0.2, -0.15) is 5.10 Å². The monoisotopic (exact) mass is 512 g/mol. The van der Waals surface area contributed by atoms with Crippen molar-refractivity contribution in [3.63, 3.8) is 0 Å². The van der Waals surface area contributed by atoms with Gasteiger partial charge >= 0.3 is 5.97 Å². The first kappa shape index (κ1) is 25.5. The first-order chi connectivity index (χ1) is 17.4. The molecular formula is C26H29ClN4O5. The summed E-state index contributed by atoms with van der Waals surface area (Å²) < 4.78 is 18.1. The summed E-state index contributed by atoms with van der Waals surface area (Å²) in [7, 11) is 3.32. The van der Waals surface area contributed by atoms with Crippen LogP contribution in [-0.2, 0) is 16.6 Å². The van der Waals surface area contributed by atoms with Crippen molar-refractivity contribution in [1.29, 1.82) is 0 Å². The minimum atomic E-state index is -0.283. The number of carbonyl (C=O) groups is 2. The van der Waals surface area contributed by atoms with Gasteiger partial charge in [-0.25, -0.2) is 0 Å². The van der Waals surface area contributed by atoms with Crippen molar-refractivity contribution in [1.82, 2.24) is 14.7 Å². The maximum absolute atomic E-state index is 12.8. The van der Waals surface area contributed by atoms with E-state index in [4.69, 9.17) is 25.8 Å². The predicted molar refractivity (Wildman–Crippen MR) is 137 cm³/mol. The molecule has 0 radical (unpaired) electrons. The number of hydrogen-bond donors (Lipinski definition) is 1. The van der Waals surface area contributed by atoms with E-state index in [1.165, 1.54) is 0 Å². The summed E-state index contributed by atoms with van der Waals surface area (Å²) >= 11 is 6.41. The highest BCUT2D eigenvalue weighted by Crippen LogP contribution is 2.36. The molecule has 1 N–H and O–H groups in total. The number of benzene rings is 2. The van der Waals surface area contributed by atoms with Crippen molar-refractivity contribution >= 4 is 29.2 Å². The molecule has 1 saturated heterocycles. The summed E-state index contributed by atoms with van der Waals surface area (Å²) in [5, 5.41) is 7.55. The number of nitrogens with one attached hydrogen (secondary N) is 1. The van der Waals surface area contributed by atoms with Gasteiger partial charge in [0.2, 0.25) is 0 Å². The number of aromatic nitrogens is 2. The van der Waals surface area contributed by atoms with Gasteiger partial charge in [0, 0.05) is 23.9 Å². The van der Waals surface area contributed by atoms with Crippen LogP contribution >= 0.6 is 11.6 Å². The standard InChI is InChI=1S/C26H29ClN4O5/c1-30-25(22(27)16-28-30)21-15-19(29-26(33)18-6-5-7-20(14-18)34-2)8-9-23(21)35-12-13-36-24(32)17-31-10-3-4-11-31/h5-9,14-16H,3-4,10-13,17H2,1-2H3,(H,29,33). The van der Waals surface area contributed by atoms with E-state index in [-0.39, 0.29) is 25.1 Å². The van der Waals surface area contributed by atoms with E-state index in [1.54, 1.807) is 67.5 Å². The Balaban J connectivity index is 1.45. The van der Waals surface area contributed by atoms with Gasteiger partial charge in [0.15, 0.2) is 0 Å². The number of amides is 1. The Morgan fingerprint density at radius 3 is 2.64 bits per heavy atom. The topological polar surface area (TPSA) is 94.9 Å². The van der Waals surface area contributed by atoms with Gasteiger partial charge < -0.3 is 19.5 Å². The second-order valence-corrected chi connectivity index (χ2v) is 8.82. The molecule has 1 aliphatic rings. The second kappa shape index (κ2) is 11.9. The Morgan fingerprint density at radius 2 is 1.92 bits per heavy atom. The highest BCUT2D eigenvalue weighted by Gasteiger charge is 2.18. The van der Waals surface area contributed by atoms with Crippen molar-refractivity contribution in [3.05, 3.63) is 59.2 Å². The van der Waals surface area contributed by atoms with Crippen LogP contribution < -0.4 is 14.8 Å². The van der Waals surface area contributed by atoms with Crippen LogP contribution in [0, 0.1) is 0 Å². The molecule has 10 heteroatoms. The number of aryl methyl sites for hydroxylation is 1. The van der Waals surface area contributed by atoms with Crippen LogP contribution in [0.15, 0.2) is 48.7 Å². The molecule has 1 fully saturated rings. The molecule has 3 aromatic rings. The van der Waals surface area contributed by atoms with Crippen LogP contribution in [-0.4, -0.2) is 66.5 Å². The lowest BCUT2D eigenvalue weighted by atomic mass is 10.1. The third-order valence-corrected chi connectivity index (χ3v) is 6.15. The number of methoxy groups -OCH3 is 1. The number of anilines is 1. The Kier molecular flexibility index (Phi) is 8.45. The van der Waals surface area contributed by atoms with Gasteiger partial charge in [0.05, 0.1) is 30.6 Å². The van der Waals surface area contributed by atoms with E-state index < -0.39 is 0 Å². The number of carbonyl (C=O) groups excluding carboxylic acids is 2. The molecule has 1 amide bonds. The fourth-order valence-electron chi connectivity index (χ4n) is 4.08. The summed E-state index contributed by atoms with van der Waals surface area (Å²) in [5.41, 5.74) is 2.30. The Bertz CT molecular complexity index is 1200. The zero-order valence-corrected chi connectivity index (χ0v) is 21.1. The molecular weight excluding hydrogens is 484 g/mol. The molecule has 0 unspecified atom stereocenters. The second-order valence-electron chi connectivity index (χ2n) is 8.41. The number of halogens is 1. The molecule has 36 heavy (non-hydrogen) atoms. The number of rotatable bonds is 10. The summed E-state index contributed by atoms with van der Waals surface area (Å²) in [6.45, 7) is 2.46. The quantitative estimate of drug-likeness (QED) is 0.324. The fourth-order valence-corrected chi connectivity index (χ4v) is 4.34. The van der Waals surface area contributed by atoms with Gasteiger partial charge in [0.25, 0.3) is 5.91 Å². The van der Waals surface area contributed by atoms with Gasteiger partial charge in [-0.1, -0.05) is 17.7 Å². The van der Waals surface area contributed by atoms with Crippen LogP contribution in [0.2, 0.25) is 5.02 Å². The van der Waals surface area contributed by atoms with Crippen molar-refractivity contribution in [2.45, 2.75) is 12.8 Å². The smallest absolute Gasteiger partial charge is 0.320 e. The van der Waals surface area contributed by atoms with E-state index in [0.717, 1.165) is 25.9 Å². The number of nitrogens with zero attached hydrogens (tertiary/aromatic N) is 3. The molecule has 0 aliphatic carbocycles. The van der Waals surface area contributed by atoms with Gasteiger partial charge in [0.1, 0.15) is 24.7 Å². The Labute approximate surface area is 214 Å². The van der Waals surface area contributed by atoms with E-state index in [9.17, 15) is 9.59 Å². The van der Waals surface area contributed by atoms with Crippen molar-refractivity contribution in [3.8, 4) is 22.8 Å². The number of ether oxygens (including phenoxy) is 3. The minimum Gasteiger partial charge on any atom is -0.497 e. The molecule has 9 nitrogen and oxygen atoms in total. The molecule has 2 heterocycles. The predicted octanol–water partition coefficient (Wildman–Crippen LogP) is 4.02. The Hall–Kier alpha value is -3.56. The highest BCUT2D eigenvalue weighted by molar-refractivity contribution is 6.33. The molecule has 2 aromatic carbocycles. The average molecular weight is 513 g/mol. The van der Waals surface area contributed by atoms with Gasteiger partial charge in [-0.05, 0) is 62.3 Å². The first-order valence-corrected chi connectivity index (χ1v) is 12.1. The SMILES string of the molecule is COc1cccc(C(=O)Nc2ccc(OCCOC(=O)CN3CCCC3)c(-c3c(Cl)cnn3C)c2)c1. The number of esters is 1. The van der Waals surface area contributed by atoms with Gasteiger partial charge in [-0.3, -0.25) is 19.2 Å². The normalized spacial score (nSPS) is 13.4. The summed E-state index contributed by atoms with van der Waals surface area (Å²) in [5.74, 6) is 0.575. The third kappa shape index (κ3) is 6.35. The summed E-state index contributed by atoms with van der Waals surface area (Å²) in [4.78, 5) is 27.0. The van der Waals surface area contributed by atoms with Crippen LogP contribution in [0.25, 0.3) is 11.3 Å². The summed E-state index contributed by atoms with van der Waals surface area (Å²) in [6, 6.07) is 12.1. The molecule has 0 bridgehead atoms. The molecule has 190 valence electrons. The van der Waals surface area contributed by atoms with Crippen molar-refractivity contribution in [2.24, 2.45) is 7.05 Å². The van der Waals surface area contributed by atoms with Gasteiger partial charge in [-0.15, -0.1) is 0 Å². The van der Waals surface area contributed by atoms with Crippen molar-refractivity contribution < 1.29 is 23.8 Å². The van der Waals surface area contributed by atoms with E-state index in [1.807, 2.05) is 0 Å². The lowest BCUT2D eigenvalue weighted by Crippen LogP contribution is -2.29. The molecule has 0 saturated carbocycles. The average Bonchev–Trinajstić information content (AvgIpc) is 3.51. The molecule has 1 aliphatic heterocycles. The zero-order valence-electron chi connectivity index (χ0n) is 20.3. The lowest BCUT2D eigenvalue weighted by Gasteiger charge is -2.16. The lowest BCUT2D eigenvalue weighted by molar-refractivity contribution is -0.145. The fraction of sp³-hybridized carbons (Fsp3) is 0.346. The first-order valence-electron chi connectivity index (χ1n) is 11.7.